The van der Waals surface area contributed by atoms with Gasteiger partial charge in [0.25, 0.3) is 0 Å². The first-order chi connectivity index (χ1) is 15.2. The van der Waals surface area contributed by atoms with Gasteiger partial charge in [0.2, 0.25) is 0 Å². The maximum Gasteiger partial charge on any atom is 0.189 e. The van der Waals surface area contributed by atoms with Gasteiger partial charge in [-0.1, -0.05) is 78.9 Å². The molecule has 2 atom stereocenters. The minimum Gasteiger partial charge on any atom is -0.364 e. The van der Waals surface area contributed by atoms with E-state index in [0.29, 0.717) is 6.73 Å². The highest BCUT2D eigenvalue weighted by atomic mass is 16.6. The number of rotatable bonds is 3. The van der Waals surface area contributed by atoms with Gasteiger partial charge < -0.3 is 9.84 Å². The Labute approximate surface area is 184 Å². The zero-order valence-electron chi connectivity index (χ0n) is 17.4. The molecular weight excluding hydrogens is 382 g/mol. The molecule has 0 spiro atoms. The molecule has 2 fully saturated rings. The zero-order chi connectivity index (χ0) is 21.1. The van der Waals surface area contributed by atoms with Crippen molar-refractivity contribution >= 4 is 0 Å². The summed E-state index contributed by atoms with van der Waals surface area (Å²) in [6.45, 7) is 2.38. The molecule has 1 unspecified atom stereocenters. The Morgan fingerprint density at radius 2 is 1.35 bits per heavy atom. The molecule has 3 nitrogen and oxygen atoms in total. The van der Waals surface area contributed by atoms with Crippen molar-refractivity contribution in [2.45, 2.75) is 24.3 Å². The van der Waals surface area contributed by atoms with Crippen LogP contribution >= 0.6 is 0 Å². The van der Waals surface area contributed by atoms with Crippen LogP contribution in [0.2, 0.25) is 0 Å². The van der Waals surface area contributed by atoms with E-state index >= 15 is 0 Å². The monoisotopic (exact) mass is 406 g/mol. The molecule has 0 aromatic heterocycles. The Bertz CT molecular complexity index is 1060. The molecule has 0 bridgehead atoms. The predicted molar refractivity (Wildman–Crippen MR) is 121 cm³/mol. The van der Waals surface area contributed by atoms with Crippen LogP contribution < -0.4 is 0 Å². The molecule has 5 radical (unpaired) electrons. The van der Waals surface area contributed by atoms with Crippen LogP contribution in [0.3, 0.4) is 0 Å². The van der Waals surface area contributed by atoms with E-state index in [4.69, 9.17) is 4.74 Å². The molecule has 0 amide bonds. The molecule has 2 aliphatic carbocycles. The van der Waals surface area contributed by atoms with Crippen LogP contribution in [0.15, 0.2) is 78.9 Å². The fourth-order valence-corrected chi connectivity index (χ4v) is 5.61. The summed E-state index contributed by atoms with van der Waals surface area (Å²) in [5, 5.41) is 11.6. The minimum atomic E-state index is -1.36. The lowest BCUT2D eigenvalue weighted by molar-refractivity contribution is -0.157. The Morgan fingerprint density at radius 3 is 1.97 bits per heavy atom. The van der Waals surface area contributed by atoms with Gasteiger partial charge in [-0.25, -0.2) is 0 Å². The molecule has 1 N–H and O–H groups in total. The summed E-state index contributed by atoms with van der Waals surface area (Å²) in [6, 6.07) is 27.6. The van der Waals surface area contributed by atoms with Gasteiger partial charge in [-0.3, -0.25) is 4.90 Å². The molecule has 6 rings (SSSR count). The van der Waals surface area contributed by atoms with Gasteiger partial charge in [0.15, 0.2) is 5.79 Å². The average molecular weight is 407 g/mol. The first-order valence-corrected chi connectivity index (χ1v) is 10.8. The fourth-order valence-electron chi connectivity index (χ4n) is 5.61. The summed E-state index contributed by atoms with van der Waals surface area (Å²) in [5.74, 6) is -0.567. The van der Waals surface area contributed by atoms with Gasteiger partial charge in [-0.15, -0.1) is 0 Å². The van der Waals surface area contributed by atoms with E-state index in [1.54, 1.807) is 0 Å². The molecule has 1 saturated heterocycles. The summed E-state index contributed by atoms with van der Waals surface area (Å²) >= 11 is 0. The Morgan fingerprint density at radius 1 is 0.806 bits per heavy atom. The van der Waals surface area contributed by atoms with Crippen LogP contribution in [0.5, 0.6) is 0 Å². The molecule has 3 aromatic rings. The summed E-state index contributed by atoms with van der Waals surface area (Å²) < 4.78 is 6.18. The SMILES string of the molecule is C[C@@H]1N(C2(c3ccccc3)c3ccccc3-c3ccccc32)COC1(O)[C]1[CH][CH][CH][CH]1. The van der Waals surface area contributed by atoms with Gasteiger partial charge in [0.1, 0.15) is 12.3 Å². The van der Waals surface area contributed by atoms with Crippen molar-refractivity contribution in [2.75, 3.05) is 6.73 Å². The van der Waals surface area contributed by atoms with E-state index < -0.39 is 11.3 Å². The molecule has 1 heterocycles. The van der Waals surface area contributed by atoms with Crippen molar-refractivity contribution in [1.29, 1.82) is 0 Å². The molecule has 3 aromatic carbocycles. The van der Waals surface area contributed by atoms with Crippen molar-refractivity contribution in [3.63, 3.8) is 0 Å². The third-order valence-corrected chi connectivity index (χ3v) is 7.08. The highest BCUT2D eigenvalue weighted by molar-refractivity contribution is 5.83. The maximum absolute atomic E-state index is 11.6. The predicted octanol–water partition coefficient (Wildman–Crippen LogP) is 4.73. The topological polar surface area (TPSA) is 32.7 Å². The zero-order valence-corrected chi connectivity index (χ0v) is 17.4. The number of hydrogen-bond donors (Lipinski definition) is 1. The molecule has 3 heteroatoms. The summed E-state index contributed by atoms with van der Waals surface area (Å²) in [4.78, 5) is 2.32. The van der Waals surface area contributed by atoms with Crippen molar-refractivity contribution in [3.05, 3.63) is 127 Å². The lowest BCUT2D eigenvalue weighted by Crippen LogP contribution is -2.54. The first-order valence-electron chi connectivity index (χ1n) is 10.8. The second kappa shape index (κ2) is 7.03. The Kier molecular flexibility index (Phi) is 4.36. The number of benzene rings is 3. The number of fused-ring (bicyclic) bond motifs is 3. The molecular formula is C28H24NO2. The highest BCUT2D eigenvalue weighted by Crippen LogP contribution is 2.57. The third kappa shape index (κ3) is 2.51. The van der Waals surface area contributed by atoms with Crippen molar-refractivity contribution in [1.82, 2.24) is 4.90 Å². The number of nitrogens with zero attached hydrogens (tertiary/aromatic N) is 1. The van der Waals surface area contributed by atoms with Crippen LogP contribution in [0.25, 0.3) is 11.1 Å². The van der Waals surface area contributed by atoms with Gasteiger partial charge >= 0.3 is 0 Å². The molecule has 31 heavy (non-hydrogen) atoms. The number of hydrogen-bond acceptors (Lipinski definition) is 3. The summed E-state index contributed by atoms with van der Waals surface area (Å²) in [6.07, 6.45) is 7.76. The van der Waals surface area contributed by atoms with Gasteiger partial charge in [0, 0.05) is 5.92 Å². The van der Waals surface area contributed by atoms with Crippen LogP contribution in [-0.2, 0) is 10.3 Å². The molecule has 153 valence electrons. The van der Waals surface area contributed by atoms with Crippen molar-refractivity contribution in [3.8, 4) is 11.1 Å². The van der Waals surface area contributed by atoms with E-state index in [2.05, 4.69) is 84.6 Å². The first kappa shape index (κ1) is 19.2. The van der Waals surface area contributed by atoms with Gasteiger partial charge in [0.05, 0.1) is 6.04 Å². The second-order valence-corrected chi connectivity index (χ2v) is 8.46. The molecule has 3 aliphatic rings. The molecule has 1 saturated carbocycles. The van der Waals surface area contributed by atoms with Crippen LogP contribution in [0, 0.1) is 31.6 Å². The minimum absolute atomic E-state index is 0.269. The lowest BCUT2D eigenvalue weighted by Gasteiger charge is -2.44. The van der Waals surface area contributed by atoms with Crippen LogP contribution in [0.1, 0.15) is 23.6 Å². The number of ether oxygens (including phenoxy) is 1. The van der Waals surface area contributed by atoms with E-state index in [0.717, 1.165) is 5.92 Å². The highest BCUT2D eigenvalue weighted by Gasteiger charge is 2.60. The van der Waals surface area contributed by atoms with E-state index in [1.807, 2.05) is 31.7 Å². The van der Waals surface area contributed by atoms with Gasteiger partial charge in [-0.2, -0.15) is 0 Å². The van der Waals surface area contributed by atoms with Crippen molar-refractivity contribution < 1.29 is 9.84 Å². The van der Waals surface area contributed by atoms with E-state index in [-0.39, 0.29) is 6.04 Å². The maximum atomic E-state index is 11.6. The summed E-state index contributed by atoms with van der Waals surface area (Å²) in [5.41, 5.74) is 5.55. The molecule has 1 aliphatic heterocycles. The Balaban J connectivity index is 1.60. The second-order valence-electron chi connectivity index (χ2n) is 8.46. The standard InChI is InChI=1S/C28H24NO2/c1-20-28(30,22-13-5-6-14-22)31-19-29(20)27(21-11-3-2-4-12-21)25-17-9-7-15-23(25)24-16-8-10-18-26(24)27/h2-18,20,30H,19H2,1H3/t20-,28?/m0/s1. The van der Waals surface area contributed by atoms with Crippen LogP contribution in [0.4, 0.5) is 0 Å². The fraction of sp³-hybridized carbons (Fsp3) is 0.179. The normalized spacial score (nSPS) is 27.4. The average Bonchev–Trinajstić information content (AvgIpc) is 3.53. The van der Waals surface area contributed by atoms with Crippen LogP contribution in [-0.4, -0.2) is 28.6 Å². The van der Waals surface area contributed by atoms with Gasteiger partial charge in [-0.05, 0) is 60.4 Å². The smallest absolute Gasteiger partial charge is 0.189 e. The summed E-state index contributed by atoms with van der Waals surface area (Å²) in [7, 11) is 0. The number of aliphatic hydroxyl groups is 1. The van der Waals surface area contributed by atoms with E-state index in [1.165, 1.54) is 27.8 Å². The quantitative estimate of drug-likeness (QED) is 0.683. The Hall–Kier alpha value is -2.46. The largest absolute Gasteiger partial charge is 0.364 e. The third-order valence-electron chi connectivity index (χ3n) is 7.08. The van der Waals surface area contributed by atoms with Crippen molar-refractivity contribution in [2.24, 2.45) is 0 Å². The van der Waals surface area contributed by atoms with E-state index in [9.17, 15) is 5.11 Å². The lowest BCUT2D eigenvalue weighted by atomic mass is 9.77.